The van der Waals surface area contributed by atoms with Crippen molar-refractivity contribution >= 4 is 10.9 Å². The van der Waals surface area contributed by atoms with Crippen molar-refractivity contribution in [1.29, 1.82) is 0 Å². The number of aromatic amines is 1. The van der Waals surface area contributed by atoms with Crippen molar-refractivity contribution < 1.29 is 4.52 Å². The summed E-state index contributed by atoms with van der Waals surface area (Å²) in [6, 6.07) is 8.56. The SMILES string of the molecule is CCc1noc(C)c1-c1[nH]c2ccccc2c1CCCCN(C)C. The van der Waals surface area contributed by atoms with Gasteiger partial charge in [0.2, 0.25) is 0 Å². The van der Waals surface area contributed by atoms with Gasteiger partial charge in [0.1, 0.15) is 5.76 Å². The van der Waals surface area contributed by atoms with Crippen LogP contribution in [-0.4, -0.2) is 35.7 Å². The van der Waals surface area contributed by atoms with Gasteiger partial charge in [0, 0.05) is 10.9 Å². The third-order valence-corrected chi connectivity index (χ3v) is 4.61. The number of hydrogen-bond acceptors (Lipinski definition) is 3. The highest BCUT2D eigenvalue weighted by Crippen LogP contribution is 2.35. The molecule has 3 rings (SSSR count). The smallest absolute Gasteiger partial charge is 0.143 e. The number of nitrogens with one attached hydrogen (secondary N) is 1. The van der Waals surface area contributed by atoms with Crippen LogP contribution in [0.2, 0.25) is 0 Å². The molecule has 0 saturated carbocycles. The van der Waals surface area contributed by atoms with Gasteiger partial charge in [-0.15, -0.1) is 0 Å². The van der Waals surface area contributed by atoms with Crippen LogP contribution in [0.15, 0.2) is 28.8 Å². The lowest BCUT2D eigenvalue weighted by Crippen LogP contribution is -2.12. The summed E-state index contributed by atoms with van der Waals surface area (Å²) < 4.78 is 5.47. The van der Waals surface area contributed by atoms with Gasteiger partial charge in [-0.25, -0.2) is 0 Å². The Balaban J connectivity index is 2.00. The molecule has 0 atom stereocenters. The molecule has 2 aromatic heterocycles. The molecule has 0 radical (unpaired) electrons. The highest BCUT2D eigenvalue weighted by Gasteiger charge is 2.20. The molecule has 0 unspecified atom stereocenters. The van der Waals surface area contributed by atoms with Crippen LogP contribution in [0, 0.1) is 6.92 Å². The molecule has 0 aliphatic heterocycles. The largest absolute Gasteiger partial charge is 0.361 e. The van der Waals surface area contributed by atoms with Crippen LogP contribution in [0.4, 0.5) is 0 Å². The Morgan fingerprint density at radius 1 is 1.17 bits per heavy atom. The summed E-state index contributed by atoms with van der Waals surface area (Å²) in [5.74, 6) is 0.896. The lowest BCUT2D eigenvalue weighted by Gasteiger charge is -2.09. The molecular weight excluding hydrogens is 298 g/mol. The van der Waals surface area contributed by atoms with E-state index < -0.39 is 0 Å². The topological polar surface area (TPSA) is 45.1 Å². The molecule has 128 valence electrons. The van der Waals surface area contributed by atoms with E-state index in [1.165, 1.54) is 35.0 Å². The van der Waals surface area contributed by atoms with E-state index in [2.05, 4.69) is 60.3 Å². The molecule has 0 fully saturated rings. The maximum Gasteiger partial charge on any atom is 0.143 e. The van der Waals surface area contributed by atoms with Crippen LogP contribution in [0.25, 0.3) is 22.2 Å². The Hall–Kier alpha value is -2.07. The van der Waals surface area contributed by atoms with Crippen molar-refractivity contribution in [3.8, 4) is 11.3 Å². The number of H-pyrrole nitrogens is 1. The number of nitrogens with zero attached hydrogens (tertiary/aromatic N) is 2. The second-order valence-corrected chi connectivity index (χ2v) is 6.70. The molecule has 3 aromatic rings. The maximum absolute atomic E-state index is 5.47. The van der Waals surface area contributed by atoms with Crippen molar-refractivity contribution in [3.63, 3.8) is 0 Å². The quantitative estimate of drug-likeness (QED) is 0.647. The van der Waals surface area contributed by atoms with Gasteiger partial charge < -0.3 is 14.4 Å². The molecule has 0 aliphatic rings. The zero-order valence-electron chi connectivity index (χ0n) is 15.1. The van der Waals surface area contributed by atoms with Crippen LogP contribution >= 0.6 is 0 Å². The van der Waals surface area contributed by atoms with E-state index in [9.17, 15) is 0 Å². The average molecular weight is 325 g/mol. The Bertz CT molecular complexity index is 814. The fourth-order valence-corrected chi connectivity index (χ4v) is 3.38. The minimum absolute atomic E-state index is 0.877. The van der Waals surface area contributed by atoms with Gasteiger partial charge in [-0.1, -0.05) is 30.3 Å². The number of aryl methyl sites for hydroxylation is 3. The highest BCUT2D eigenvalue weighted by atomic mass is 16.5. The summed E-state index contributed by atoms with van der Waals surface area (Å²) in [5.41, 5.74) is 5.96. The minimum atomic E-state index is 0.877. The minimum Gasteiger partial charge on any atom is -0.361 e. The third kappa shape index (κ3) is 3.24. The molecule has 24 heavy (non-hydrogen) atoms. The van der Waals surface area contributed by atoms with Crippen LogP contribution < -0.4 is 0 Å². The predicted octanol–water partition coefficient (Wildman–Crippen LogP) is 4.58. The zero-order chi connectivity index (χ0) is 17.1. The van der Waals surface area contributed by atoms with Crippen molar-refractivity contribution in [2.45, 2.75) is 39.5 Å². The first-order valence-corrected chi connectivity index (χ1v) is 8.81. The van der Waals surface area contributed by atoms with Crippen LogP contribution in [-0.2, 0) is 12.8 Å². The van der Waals surface area contributed by atoms with Gasteiger partial charge in [-0.05, 0) is 64.9 Å². The normalized spacial score (nSPS) is 11.7. The molecule has 1 aromatic carbocycles. The van der Waals surface area contributed by atoms with E-state index in [0.717, 1.165) is 36.4 Å². The Kier molecular flexibility index (Phi) is 5.05. The van der Waals surface area contributed by atoms with E-state index in [1.807, 2.05) is 6.92 Å². The highest BCUT2D eigenvalue weighted by molar-refractivity contribution is 5.91. The van der Waals surface area contributed by atoms with Gasteiger partial charge >= 0.3 is 0 Å². The van der Waals surface area contributed by atoms with E-state index in [4.69, 9.17) is 4.52 Å². The summed E-state index contributed by atoms with van der Waals surface area (Å²) >= 11 is 0. The summed E-state index contributed by atoms with van der Waals surface area (Å²) in [6.07, 6.45) is 4.33. The molecule has 0 spiro atoms. The zero-order valence-corrected chi connectivity index (χ0v) is 15.1. The number of rotatable bonds is 7. The third-order valence-electron chi connectivity index (χ3n) is 4.61. The van der Waals surface area contributed by atoms with Gasteiger partial charge in [0.15, 0.2) is 0 Å². The van der Waals surface area contributed by atoms with E-state index in [1.54, 1.807) is 0 Å². The molecule has 4 nitrogen and oxygen atoms in total. The van der Waals surface area contributed by atoms with Crippen molar-refractivity contribution in [1.82, 2.24) is 15.0 Å². The van der Waals surface area contributed by atoms with Gasteiger partial charge in [0.25, 0.3) is 0 Å². The number of aromatic nitrogens is 2. The standard InChI is InChI=1S/C20H27N3O/c1-5-17-19(14(2)24-22-17)20-16(11-8-9-13-23(3)4)15-10-6-7-12-18(15)21-20/h6-7,10,12,21H,5,8-9,11,13H2,1-4H3. The number of unbranched alkanes of at least 4 members (excludes halogenated alkanes) is 1. The monoisotopic (exact) mass is 325 g/mol. The molecule has 4 heteroatoms. The van der Waals surface area contributed by atoms with Gasteiger partial charge in [-0.3, -0.25) is 0 Å². The van der Waals surface area contributed by atoms with Crippen LogP contribution in [0.5, 0.6) is 0 Å². The van der Waals surface area contributed by atoms with Crippen LogP contribution in [0.1, 0.15) is 36.8 Å². The molecule has 0 aliphatic carbocycles. The van der Waals surface area contributed by atoms with E-state index in [0.29, 0.717) is 0 Å². The summed E-state index contributed by atoms with van der Waals surface area (Å²) in [4.78, 5) is 5.87. The molecule has 0 bridgehead atoms. The first-order valence-electron chi connectivity index (χ1n) is 8.81. The van der Waals surface area contributed by atoms with Gasteiger partial charge in [-0.2, -0.15) is 0 Å². The second kappa shape index (κ2) is 7.22. The second-order valence-electron chi connectivity index (χ2n) is 6.70. The fraction of sp³-hybridized carbons (Fsp3) is 0.450. The molecular formula is C20H27N3O. The summed E-state index contributed by atoms with van der Waals surface area (Å²) in [7, 11) is 4.26. The van der Waals surface area contributed by atoms with Crippen LogP contribution in [0.3, 0.4) is 0 Å². The fourth-order valence-electron chi connectivity index (χ4n) is 3.38. The molecule has 0 amide bonds. The van der Waals surface area contributed by atoms with Gasteiger partial charge in [0.05, 0.1) is 17.0 Å². The number of para-hydroxylation sites is 1. The molecule has 0 saturated heterocycles. The Morgan fingerprint density at radius 2 is 1.96 bits per heavy atom. The first kappa shape index (κ1) is 16.8. The maximum atomic E-state index is 5.47. The summed E-state index contributed by atoms with van der Waals surface area (Å²) in [5, 5.41) is 5.56. The average Bonchev–Trinajstić information content (AvgIpc) is 3.11. The lowest BCUT2D eigenvalue weighted by atomic mass is 9.98. The number of benzene rings is 1. The van der Waals surface area contributed by atoms with E-state index >= 15 is 0 Å². The lowest BCUT2D eigenvalue weighted by molar-refractivity contribution is 0.391. The molecule has 1 N–H and O–H groups in total. The predicted molar refractivity (Wildman–Crippen MR) is 99.4 cm³/mol. The Morgan fingerprint density at radius 3 is 2.71 bits per heavy atom. The number of fused-ring (bicyclic) bond motifs is 1. The molecule has 2 heterocycles. The van der Waals surface area contributed by atoms with Crippen molar-refractivity contribution in [2.75, 3.05) is 20.6 Å². The van der Waals surface area contributed by atoms with Crippen molar-refractivity contribution in [3.05, 3.63) is 41.3 Å². The first-order chi connectivity index (χ1) is 11.6. The van der Waals surface area contributed by atoms with E-state index in [-0.39, 0.29) is 0 Å². The number of hydrogen-bond donors (Lipinski definition) is 1. The Labute approximate surface area is 143 Å². The summed E-state index contributed by atoms with van der Waals surface area (Å²) in [6.45, 7) is 5.26. The van der Waals surface area contributed by atoms with Crippen molar-refractivity contribution in [2.24, 2.45) is 0 Å².